The van der Waals surface area contributed by atoms with Gasteiger partial charge in [-0.1, -0.05) is 60.7 Å². The summed E-state index contributed by atoms with van der Waals surface area (Å²) in [6.45, 7) is 0.513. The number of hydrogen-bond donors (Lipinski definition) is 2. The van der Waals surface area contributed by atoms with E-state index >= 15 is 0 Å². The van der Waals surface area contributed by atoms with Crippen molar-refractivity contribution in [2.24, 2.45) is 0 Å². The van der Waals surface area contributed by atoms with Crippen LogP contribution in [0.5, 0.6) is 0 Å². The lowest BCUT2D eigenvalue weighted by Gasteiger charge is -2.26. The first-order valence-corrected chi connectivity index (χ1v) is 12.3. The Morgan fingerprint density at radius 3 is 2.12 bits per heavy atom. The number of ether oxygens (including phenoxy) is 2. The topological polar surface area (TPSA) is 114 Å². The maximum atomic E-state index is 12.5. The molecule has 0 amide bonds. The van der Waals surface area contributed by atoms with Gasteiger partial charge in [-0.3, -0.25) is 0 Å². The molecule has 2 aromatic carbocycles. The lowest BCUT2D eigenvalue weighted by Crippen LogP contribution is -2.36. The molecule has 0 saturated heterocycles. The maximum Gasteiger partial charge on any atom is 0.322 e. The predicted molar refractivity (Wildman–Crippen MR) is 127 cm³/mol. The van der Waals surface area contributed by atoms with Crippen LogP contribution in [0.25, 0.3) is 0 Å². The molecule has 0 spiro atoms. The summed E-state index contributed by atoms with van der Waals surface area (Å²) in [4.78, 5) is 0. The van der Waals surface area contributed by atoms with E-state index in [1.807, 2.05) is 60.7 Å². The Bertz CT molecular complexity index is 1110. The fourth-order valence-electron chi connectivity index (χ4n) is 3.32. The van der Waals surface area contributed by atoms with E-state index in [1.165, 1.54) is 26.4 Å². The van der Waals surface area contributed by atoms with Crippen LogP contribution in [0.2, 0.25) is 0 Å². The highest BCUT2D eigenvalue weighted by atomic mass is 32.2. The van der Waals surface area contributed by atoms with Crippen LogP contribution in [-0.2, 0) is 32.9 Å². The Kier molecular flexibility index (Phi) is 9.34. The van der Waals surface area contributed by atoms with Crippen molar-refractivity contribution in [1.82, 2.24) is 13.5 Å². The van der Waals surface area contributed by atoms with Crippen LogP contribution >= 0.6 is 0 Å². The van der Waals surface area contributed by atoms with Crippen molar-refractivity contribution in [2.45, 2.75) is 37.9 Å². The van der Waals surface area contributed by atoms with Crippen molar-refractivity contribution in [3.63, 3.8) is 0 Å². The zero-order valence-electron chi connectivity index (χ0n) is 19.3. The minimum Gasteiger partial charge on any atom is -0.388 e. The van der Waals surface area contributed by atoms with Crippen molar-refractivity contribution in [1.29, 1.82) is 0 Å². The minimum atomic E-state index is -3.91. The van der Waals surface area contributed by atoms with Gasteiger partial charge in [0.15, 0.2) is 0 Å². The Morgan fingerprint density at radius 1 is 0.941 bits per heavy atom. The largest absolute Gasteiger partial charge is 0.388 e. The van der Waals surface area contributed by atoms with Crippen LogP contribution in [0, 0.1) is 0 Å². The smallest absolute Gasteiger partial charge is 0.322 e. The Hall–Kier alpha value is -2.60. The van der Waals surface area contributed by atoms with Gasteiger partial charge >= 0.3 is 10.2 Å². The van der Waals surface area contributed by atoms with Crippen molar-refractivity contribution in [3.8, 4) is 0 Å². The molecule has 2 N–H and O–H groups in total. The zero-order valence-corrected chi connectivity index (χ0v) is 20.1. The third-order valence-corrected chi connectivity index (χ3v) is 6.92. The van der Waals surface area contributed by atoms with Crippen molar-refractivity contribution >= 4 is 10.2 Å². The summed E-state index contributed by atoms with van der Waals surface area (Å²) >= 11 is 0. The second-order valence-corrected chi connectivity index (χ2v) is 10.0. The van der Waals surface area contributed by atoms with Crippen molar-refractivity contribution in [3.05, 3.63) is 89.7 Å². The number of aromatic nitrogens is 2. The number of aliphatic hydroxyl groups is 2. The first kappa shape index (κ1) is 26.0. The summed E-state index contributed by atoms with van der Waals surface area (Å²) < 4.78 is 38.5. The first-order chi connectivity index (χ1) is 16.3. The molecule has 0 aliphatic heterocycles. The molecule has 9 nitrogen and oxygen atoms in total. The molecule has 0 saturated carbocycles. The molecule has 0 aliphatic rings. The second-order valence-electron chi connectivity index (χ2n) is 8.04. The van der Waals surface area contributed by atoms with E-state index in [0.717, 1.165) is 19.5 Å². The van der Waals surface area contributed by atoms with Gasteiger partial charge in [0.25, 0.3) is 0 Å². The van der Waals surface area contributed by atoms with Crippen LogP contribution in [0.1, 0.15) is 29.3 Å². The van der Waals surface area contributed by atoms with Crippen LogP contribution in [0.15, 0.2) is 72.9 Å². The molecular weight excluding hydrogens is 458 g/mol. The average molecular weight is 490 g/mol. The Balaban J connectivity index is 1.70. The van der Waals surface area contributed by atoms with E-state index in [9.17, 15) is 18.6 Å². The fourth-order valence-corrected chi connectivity index (χ4v) is 4.25. The van der Waals surface area contributed by atoms with E-state index in [1.54, 1.807) is 0 Å². The average Bonchev–Trinajstić information content (AvgIpc) is 3.34. The molecule has 34 heavy (non-hydrogen) atoms. The number of hydrogen-bond acceptors (Lipinski definition) is 7. The molecule has 3 atom stereocenters. The summed E-state index contributed by atoms with van der Waals surface area (Å²) in [5.74, 6) is 0. The van der Waals surface area contributed by atoms with Gasteiger partial charge in [-0.05, 0) is 17.2 Å². The highest BCUT2D eigenvalue weighted by Gasteiger charge is 2.29. The molecule has 1 aromatic heterocycles. The van der Waals surface area contributed by atoms with E-state index in [4.69, 9.17) is 9.47 Å². The van der Waals surface area contributed by atoms with E-state index in [0.29, 0.717) is 6.61 Å². The Labute approximate surface area is 200 Å². The monoisotopic (exact) mass is 489 g/mol. The quantitative estimate of drug-likeness (QED) is 0.378. The summed E-state index contributed by atoms with van der Waals surface area (Å²) in [6.07, 6.45) is -1.88. The summed E-state index contributed by atoms with van der Waals surface area (Å²) in [6, 6.07) is 20.4. The highest BCUT2D eigenvalue weighted by molar-refractivity contribution is 7.87. The maximum absolute atomic E-state index is 12.5. The van der Waals surface area contributed by atoms with Crippen LogP contribution in [-0.4, -0.2) is 65.0 Å². The zero-order chi connectivity index (χ0) is 24.6. The van der Waals surface area contributed by atoms with Crippen LogP contribution < -0.4 is 0 Å². The van der Waals surface area contributed by atoms with Gasteiger partial charge in [0, 0.05) is 20.5 Å². The SMILES string of the molecule is CN(C)S(=O)(=O)n1nccc1C(O)C[C@H](OCc1ccccc1)[C@H](O)COCc1ccccc1. The second kappa shape index (κ2) is 12.2. The predicted octanol–water partition coefficient (Wildman–Crippen LogP) is 2.12. The van der Waals surface area contributed by atoms with E-state index in [-0.39, 0.29) is 25.3 Å². The fraction of sp³-hybridized carbons (Fsp3) is 0.375. The highest BCUT2D eigenvalue weighted by Crippen LogP contribution is 2.24. The number of nitrogens with zero attached hydrogens (tertiary/aromatic N) is 3. The normalized spacial score (nSPS) is 14.7. The van der Waals surface area contributed by atoms with E-state index < -0.39 is 28.5 Å². The van der Waals surface area contributed by atoms with Gasteiger partial charge in [0.2, 0.25) is 0 Å². The Morgan fingerprint density at radius 2 is 1.53 bits per heavy atom. The summed E-state index contributed by atoms with van der Waals surface area (Å²) in [7, 11) is -1.15. The van der Waals surface area contributed by atoms with E-state index in [2.05, 4.69) is 5.10 Å². The van der Waals surface area contributed by atoms with Gasteiger partial charge in [0.1, 0.15) is 6.10 Å². The standard InChI is InChI=1S/C24H31N3O6S/c1-26(2)34(30,31)27-21(13-14-25-27)22(28)15-24(33-17-20-11-7-4-8-12-20)23(29)18-32-16-19-9-5-3-6-10-19/h3-14,22-24,28-29H,15-18H2,1-2H3/t22?,23-,24+/m1/s1. The van der Waals surface area contributed by atoms with Gasteiger partial charge in [-0.2, -0.15) is 17.8 Å². The number of aliphatic hydroxyl groups excluding tert-OH is 2. The molecule has 3 rings (SSSR count). The molecule has 0 radical (unpaired) electrons. The van der Waals surface area contributed by atoms with Gasteiger partial charge < -0.3 is 19.7 Å². The molecule has 184 valence electrons. The van der Waals surface area contributed by atoms with Crippen molar-refractivity contribution < 1.29 is 28.1 Å². The third kappa shape index (κ3) is 6.95. The van der Waals surface area contributed by atoms with Gasteiger partial charge in [0.05, 0.1) is 43.9 Å². The molecule has 1 heterocycles. The molecule has 0 bridgehead atoms. The summed E-state index contributed by atoms with van der Waals surface area (Å²) in [5.41, 5.74) is 1.95. The van der Waals surface area contributed by atoms with Gasteiger partial charge in [-0.25, -0.2) is 0 Å². The lowest BCUT2D eigenvalue weighted by atomic mass is 10.0. The first-order valence-electron chi connectivity index (χ1n) is 10.9. The molecule has 0 aliphatic carbocycles. The third-order valence-electron chi connectivity index (χ3n) is 5.25. The van der Waals surface area contributed by atoms with Gasteiger partial charge in [-0.15, -0.1) is 4.09 Å². The van der Waals surface area contributed by atoms with Crippen LogP contribution in [0.4, 0.5) is 0 Å². The molecule has 3 aromatic rings. The molecular formula is C24H31N3O6S. The molecule has 1 unspecified atom stereocenters. The molecule has 0 fully saturated rings. The summed E-state index contributed by atoms with van der Waals surface area (Å²) in [5, 5.41) is 25.6. The molecule has 10 heteroatoms. The number of benzene rings is 2. The minimum absolute atomic E-state index is 0.0175. The van der Waals surface area contributed by atoms with Crippen LogP contribution in [0.3, 0.4) is 0 Å². The lowest BCUT2D eigenvalue weighted by molar-refractivity contribution is -0.0964. The van der Waals surface area contributed by atoms with Crippen molar-refractivity contribution in [2.75, 3.05) is 20.7 Å². The number of rotatable bonds is 13.